The van der Waals surface area contributed by atoms with E-state index in [9.17, 15) is 14.7 Å². The van der Waals surface area contributed by atoms with Crippen molar-refractivity contribution in [2.24, 2.45) is 0 Å². The zero-order valence-corrected chi connectivity index (χ0v) is 17.1. The first-order chi connectivity index (χ1) is 12.4. The molecule has 1 rings (SSSR count). The van der Waals surface area contributed by atoms with Gasteiger partial charge in [0.25, 0.3) is 0 Å². The van der Waals surface area contributed by atoms with E-state index in [-0.39, 0.29) is 12.2 Å². The van der Waals surface area contributed by atoms with Gasteiger partial charge in [-0.3, -0.25) is 9.59 Å². The monoisotopic (exact) mass is 382 g/mol. The summed E-state index contributed by atoms with van der Waals surface area (Å²) in [7, 11) is 0. The summed E-state index contributed by atoms with van der Waals surface area (Å²) in [6, 6.07) is 0. The van der Waals surface area contributed by atoms with Crippen LogP contribution in [0.3, 0.4) is 0 Å². The van der Waals surface area contributed by atoms with Crippen LogP contribution in [-0.2, 0) is 9.59 Å². The normalized spacial score (nSPS) is 21.4. The van der Waals surface area contributed by atoms with Crippen LogP contribution in [0.2, 0.25) is 0 Å². The van der Waals surface area contributed by atoms with Gasteiger partial charge in [0.2, 0.25) is 0 Å². The molecule has 0 saturated carbocycles. The summed E-state index contributed by atoms with van der Waals surface area (Å²) in [5, 5.41) is 19.7. The third kappa shape index (κ3) is 7.67. The summed E-state index contributed by atoms with van der Waals surface area (Å²) < 4.78 is 0. The summed E-state index contributed by atoms with van der Waals surface area (Å²) in [5.74, 6) is -0.812. The fourth-order valence-electron chi connectivity index (χ4n) is 3.34. The lowest BCUT2D eigenvalue weighted by Crippen LogP contribution is -2.28. The Labute approximate surface area is 162 Å². The average molecular weight is 383 g/mol. The fraction of sp³-hybridized carbons (Fsp3) is 0.714. The Bertz CT molecular complexity index is 524. The molecular weight excluding hydrogens is 348 g/mol. The Kier molecular flexibility index (Phi) is 10.9. The molecule has 5 heteroatoms. The third-order valence-electron chi connectivity index (χ3n) is 4.88. The lowest BCUT2D eigenvalue weighted by Gasteiger charge is -2.22. The molecule has 0 spiro atoms. The van der Waals surface area contributed by atoms with Crippen LogP contribution in [0.1, 0.15) is 84.0 Å². The molecule has 2 N–H and O–H groups in total. The largest absolute Gasteiger partial charge is 0.481 e. The predicted molar refractivity (Wildman–Crippen MR) is 108 cm³/mol. The van der Waals surface area contributed by atoms with Crippen LogP contribution in [0, 0.1) is 0 Å². The van der Waals surface area contributed by atoms with E-state index in [1.807, 2.05) is 12.3 Å². The van der Waals surface area contributed by atoms with E-state index in [2.05, 4.69) is 6.92 Å². The number of aliphatic hydroxyl groups is 1. The number of Topliss-reactive ketones (excluding diaryl/α,β-unsaturated/α-hetero) is 1. The molecule has 1 aliphatic carbocycles. The molecule has 0 amide bonds. The summed E-state index contributed by atoms with van der Waals surface area (Å²) >= 11 is 1.39. The lowest BCUT2D eigenvalue weighted by molar-refractivity contribution is -0.137. The van der Waals surface area contributed by atoms with Crippen LogP contribution in [-0.4, -0.2) is 33.8 Å². The summed E-state index contributed by atoms with van der Waals surface area (Å²) in [5.41, 5.74) is -0.602. The van der Waals surface area contributed by atoms with E-state index >= 15 is 0 Å². The van der Waals surface area contributed by atoms with Gasteiger partial charge in [0, 0.05) is 12.0 Å². The van der Waals surface area contributed by atoms with Gasteiger partial charge in [-0.1, -0.05) is 51.5 Å². The maximum Gasteiger partial charge on any atom is 0.303 e. The number of hydrogen-bond donors (Lipinski definition) is 2. The maximum atomic E-state index is 12.5. The standard InChI is InChI=1S/C21H34O4S/c1-3-4-5-6-9-12-15-21(25)16-18(26-2)20(24)17(21)13-10-7-8-11-14-19(22)23/h13,16,25H,3-12,14-15H2,1-2H3,(H,22,23). The van der Waals surface area contributed by atoms with Gasteiger partial charge in [-0.25, -0.2) is 0 Å². The molecule has 0 radical (unpaired) electrons. The Morgan fingerprint density at radius 2 is 1.77 bits per heavy atom. The topological polar surface area (TPSA) is 74.6 Å². The molecule has 0 aromatic heterocycles. The number of unbranched alkanes of at least 4 members (excludes halogenated alkanes) is 8. The number of carboxylic acid groups (broad SMARTS) is 1. The van der Waals surface area contributed by atoms with Gasteiger partial charge in [-0.05, 0) is 44.4 Å². The first kappa shape index (κ1) is 23.0. The third-order valence-corrected chi connectivity index (χ3v) is 5.62. The Balaban J connectivity index is 2.55. The Hall–Kier alpha value is -1.07. The Morgan fingerprint density at radius 1 is 1.12 bits per heavy atom. The molecule has 1 atom stereocenters. The number of carbonyl (C=O) groups excluding carboxylic acids is 1. The maximum absolute atomic E-state index is 12.5. The number of hydrogen-bond acceptors (Lipinski definition) is 4. The van der Waals surface area contributed by atoms with Gasteiger partial charge in [0.1, 0.15) is 5.60 Å². The highest BCUT2D eigenvalue weighted by Gasteiger charge is 2.40. The number of ketones is 1. The van der Waals surface area contributed by atoms with Crippen LogP contribution in [0.4, 0.5) is 0 Å². The van der Waals surface area contributed by atoms with Crippen molar-refractivity contribution < 1.29 is 19.8 Å². The number of aliphatic carboxylic acids is 1. The van der Waals surface area contributed by atoms with Crippen molar-refractivity contribution in [1.82, 2.24) is 0 Å². The van der Waals surface area contributed by atoms with Crippen molar-refractivity contribution in [1.29, 1.82) is 0 Å². The highest BCUT2D eigenvalue weighted by atomic mass is 32.2. The smallest absolute Gasteiger partial charge is 0.303 e. The van der Waals surface area contributed by atoms with Crippen molar-refractivity contribution in [3.63, 3.8) is 0 Å². The van der Waals surface area contributed by atoms with E-state index in [1.165, 1.54) is 37.4 Å². The minimum atomic E-state index is -1.12. The molecule has 148 valence electrons. The first-order valence-electron chi connectivity index (χ1n) is 9.91. The molecule has 0 fully saturated rings. The molecule has 0 saturated heterocycles. The molecule has 0 aromatic rings. The van der Waals surface area contributed by atoms with Crippen molar-refractivity contribution in [2.45, 2.75) is 89.6 Å². The molecule has 1 unspecified atom stereocenters. The van der Waals surface area contributed by atoms with E-state index in [0.29, 0.717) is 29.7 Å². The average Bonchev–Trinajstić information content (AvgIpc) is 2.85. The fourth-order valence-corrected chi connectivity index (χ4v) is 3.94. The number of allylic oxidation sites excluding steroid dienone is 2. The molecule has 0 aromatic carbocycles. The van der Waals surface area contributed by atoms with Crippen molar-refractivity contribution in [3.8, 4) is 0 Å². The SMILES string of the molecule is CCCCCCCCC1(O)C=C(SC)C(=O)C1=CCCCCCC(=O)O. The van der Waals surface area contributed by atoms with E-state index in [4.69, 9.17) is 5.11 Å². The predicted octanol–water partition coefficient (Wildman–Crippen LogP) is 5.26. The van der Waals surface area contributed by atoms with Crippen LogP contribution in [0.25, 0.3) is 0 Å². The number of carboxylic acids is 1. The minimum Gasteiger partial charge on any atom is -0.481 e. The van der Waals surface area contributed by atoms with E-state index < -0.39 is 11.6 Å². The van der Waals surface area contributed by atoms with Crippen LogP contribution >= 0.6 is 11.8 Å². The number of rotatable bonds is 14. The first-order valence-corrected chi connectivity index (χ1v) is 11.1. The molecular formula is C21H34O4S. The second-order valence-electron chi connectivity index (χ2n) is 7.09. The molecule has 4 nitrogen and oxygen atoms in total. The second kappa shape index (κ2) is 12.3. The molecule has 1 aliphatic rings. The van der Waals surface area contributed by atoms with Crippen molar-refractivity contribution in [3.05, 3.63) is 22.6 Å². The highest BCUT2D eigenvalue weighted by Crippen LogP contribution is 2.39. The Morgan fingerprint density at radius 3 is 2.42 bits per heavy atom. The zero-order valence-electron chi connectivity index (χ0n) is 16.3. The molecule has 26 heavy (non-hydrogen) atoms. The number of thioether (sulfide) groups is 1. The highest BCUT2D eigenvalue weighted by molar-refractivity contribution is 8.03. The van der Waals surface area contributed by atoms with E-state index in [1.54, 1.807) is 6.08 Å². The summed E-state index contributed by atoms with van der Waals surface area (Å²) in [4.78, 5) is 23.7. The van der Waals surface area contributed by atoms with Crippen LogP contribution < -0.4 is 0 Å². The van der Waals surface area contributed by atoms with Gasteiger partial charge < -0.3 is 10.2 Å². The van der Waals surface area contributed by atoms with Crippen LogP contribution in [0.15, 0.2) is 22.6 Å². The molecule has 0 heterocycles. The minimum absolute atomic E-state index is 0.0449. The van der Waals surface area contributed by atoms with Crippen LogP contribution in [0.5, 0.6) is 0 Å². The molecule has 0 aliphatic heterocycles. The summed E-state index contributed by atoms with van der Waals surface area (Å²) in [6.07, 6.45) is 16.2. The zero-order chi connectivity index (χ0) is 19.4. The second-order valence-corrected chi connectivity index (χ2v) is 7.94. The summed E-state index contributed by atoms with van der Waals surface area (Å²) in [6.45, 7) is 2.19. The van der Waals surface area contributed by atoms with Gasteiger partial charge in [0.05, 0.1) is 4.91 Å². The van der Waals surface area contributed by atoms with Gasteiger partial charge >= 0.3 is 5.97 Å². The van der Waals surface area contributed by atoms with Crippen molar-refractivity contribution >= 4 is 23.5 Å². The van der Waals surface area contributed by atoms with Crippen molar-refractivity contribution in [2.75, 3.05) is 6.26 Å². The van der Waals surface area contributed by atoms with Gasteiger partial charge in [-0.2, -0.15) is 0 Å². The van der Waals surface area contributed by atoms with Gasteiger partial charge in [0.15, 0.2) is 5.78 Å². The van der Waals surface area contributed by atoms with E-state index in [0.717, 1.165) is 25.7 Å². The van der Waals surface area contributed by atoms with Gasteiger partial charge in [-0.15, -0.1) is 11.8 Å². The quantitative estimate of drug-likeness (QED) is 0.317. The lowest BCUT2D eigenvalue weighted by atomic mass is 9.89. The number of carbonyl (C=O) groups is 2. The molecule has 0 bridgehead atoms.